The van der Waals surface area contributed by atoms with Crippen molar-refractivity contribution in [3.63, 3.8) is 0 Å². The predicted octanol–water partition coefficient (Wildman–Crippen LogP) is 1.05. The van der Waals surface area contributed by atoms with Crippen LogP contribution in [0.15, 0.2) is 4.52 Å². The average Bonchev–Trinajstić information content (AvgIpc) is 3.27. The number of rotatable bonds is 5. The molecule has 2 saturated heterocycles. The minimum atomic E-state index is -0.617. The van der Waals surface area contributed by atoms with Crippen molar-refractivity contribution in [2.24, 2.45) is 5.92 Å². The van der Waals surface area contributed by atoms with Crippen LogP contribution in [0, 0.1) is 12.8 Å². The Morgan fingerprint density at radius 2 is 2.08 bits per heavy atom. The molecule has 0 bridgehead atoms. The van der Waals surface area contributed by atoms with Crippen LogP contribution in [0.1, 0.15) is 57.3 Å². The topological polar surface area (TPSA) is 99.8 Å². The molecule has 2 aliphatic heterocycles. The van der Waals surface area contributed by atoms with Crippen molar-refractivity contribution in [2.75, 3.05) is 13.1 Å². The number of aliphatic hydroxyl groups is 1. The first-order valence-corrected chi connectivity index (χ1v) is 9.02. The quantitative estimate of drug-likeness (QED) is 0.852. The average molecular weight is 350 g/mol. The maximum atomic E-state index is 13.0. The van der Waals surface area contributed by atoms with E-state index in [0.717, 1.165) is 12.8 Å². The largest absolute Gasteiger partial charge is 0.391 e. The van der Waals surface area contributed by atoms with Crippen molar-refractivity contribution in [3.8, 4) is 0 Å². The lowest BCUT2D eigenvalue weighted by atomic mass is 10.1. The van der Waals surface area contributed by atoms with Gasteiger partial charge in [-0.1, -0.05) is 19.0 Å². The summed E-state index contributed by atoms with van der Waals surface area (Å²) in [7, 11) is 0. The van der Waals surface area contributed by atoms with Gasteiger partial charge in [-0.2, -0.15) is 4.98 Å². The van der Waals surface area contributed by atoms with Gasteiger partial charge in [0.25, 0.3) is 0 Å². The second-order valence-corrected chi connectivity index (χ2v) is 6.99. The zero-order valence-corrected chi connectivity index (χ0v) is 15.0. The molecule has 0 radical (unpaired) electrons. The molecule has 3 rings (SSSR count). The van der Waals surface area contributed by atoms with E-state index in [2.05, 4.69) is 24.0 Å². The number of carbonyl (C=O) groups is 2. The summed E-state index contributed by atoms with van der Waals surface area (Å²) < 4.78 is 5.21. The molecule has 8 heteroatoms. The lowest BCUT2D eigenvalue weighted by Gasteiger charge is -2.27. The molecular weight excluding hydrogens is 324 g/mol. The molecule has 138 valence electrons. The van der Waals surface area contributed by atoms with Crippen molar-refractivity contribution in [1.29, 1.82) is 0 Å². The second-order valence-electron chi connectivity index (χ2n) is 6.99. The van der Waals surface area contributed by atoms with E-state index in [1.54, 1.807) is 11.8 Å². The van der Waals surface area contributed by atoms with E-state index in [4.69, 9.17) is 4.52 Å². The first-order valence-electron chi connectivity index (χ1n) is 9.02. The molecule has 0 aliphatic carbocycles. The number of likely N-dealkylation sites (tertiary alicyclic amines) is 2. The SMILES string of the molecule is CCC(CC)N1C[C@H](C(=O)N2C[C@H](O)C[C@@H]2c2nc(C)no2)CC1=O. The molecule has 1 aromatic rings. The molecule has 0 spiro atoms. The smallest absolute Gasteiger partial charge is 0.249 e. The second kappa shape index (κ2) is 7.11. The molecule has 1 aromatic heterocycles. The number of β-amino-alcohol motifs (C(OH)–C–C–N with tert-alkyl or cyclic N) is 1. The Balaban J connectivity index is 1.74. The van der Waals surface area contributed by atoms with Gasteiger partial charge in [-0.3, -0.25) is 9.59 Å². The van der Waals surface area contributed by atoms with Crippen LogP contribution in [-0.4, -0.2) is 62.1 Å². The summed E-state index contributed by atoms with van der Waals surface area (Å²) in [4.78, 5) is 33.0. The highest BCUT2D eigenvalue weighted by atomic mass is 16.5. The monoisotopic (exact) mass is 350 g/mol. The van der Waals surface area contributed by atoms with E-state index >= 15 is 0 Å². The van der Waals surface area contributed by atoms with Gasteiger partial charge in [0.15, 0.2) is 5.82 Å². The van der Waals surface area contributed by atoms with E-state index in [9.17, 15) is 14.7 Å². The molecule has 25 heavy (non-hydrogen) atoms. The molecular formula is C17H26N4O4. The lowest BCUT2D eigenvalue weighted by Crippen LogP contribution is -2.39. The highest BCUT2D eigenvalue weighted by Gasteiger charge is 2.44. The summed E-state index contributed by atoms with van der Waals surface area (Å²) in [6, 6.07) is -0.232. The maximum Gasteiger partial charge on any atom is 0.249 e. The summed E-state index contributed by atoms with van der Waals surface area (Å²) in [5, 5.41) is 13.8. The third-order valence-corrected chi connectivity index (χ3v) is 5.28. The van der Waals surface area contributed by atoms with Crippen molar-refractivity contribution in [3.05, 3.63) is 11.7 Å². The standard InChI is InChI=1S/C17H26N4O4/c1-4-12(5-2)20-8-11(6-15(20)23)17(24)21-9-13(22)7-14(21)16-18-10(3)19-25-16/h11-14,22H,4-9H2,1-3H3/t11-,13-,14-/m1/s1. The van der Waals surface area contributed by atoms with Crippen LogP contribution in [0.3, 0.4) is 0 Å². The van der Waals surface area contributed by atoms with Gasteiger partial charge in [-0.15, -0.1) is 0 Å². The van der Waals surface area contributed by atoms with Gasteiger partial charge in [0.1, 0.15) is 6.04 Å². The Bertz CT molecular complexity index is 642. The number of carbonyl (C=O) groups excluding carboxylic acids is 2. The Morgan fingerprint density at radius 3 is 2.68 bits per heavy atom. The predicted molar refractivity (Wildman–Crippen MR) is 88.3 cm³/mol. The molecule has 2 fully saturated rings. The fraction of sp³-hybridized carbons (Fsp3) is 0.765. The van der Waals surface area contributed by atoms with Gasteiger partial charge < -0.3 is 19.4 Å². The number of amides is 2. The van der Waals surface area contributed by atoms with Gasteiger partial charge >= 0.3 is 0 Å². The van der Waals surface area contributed by atoms with E-state index in [-0.39, 0.29) is 36.7 Å². The third-order valence-electron chi connectivity index (χ3n) is 5.28. The van der Waals surface area contributed by atoms with Gasteiger partial charge in [-0.05, 0) is 19.8 Å². The first-order chi connectivity index (χ1) is 11.9. The van der Waals surface area contributed by atoms with E-state index < -0.39 is 12.1 Å². The molecule has 3 atom stereocenters. The number of nitrogens with zero attached hydrogens (tertiary/aromatic N) is 4. The van der Waals surface area contributed by atoms with Crippen LogP contribution < -0.4 is 0 Å². The Morgan fingerprint density at radius 1 is 1.36 bits per heavy atom. The van der Waals surface area contributed by atoms with Crippen LogP contribution in [0.25, 0.3) is 0 Å². The van der Waals surface area contributed by atoms with Gasteiger partial charge in [0.05, 0.1) is 12.0 Å². The summed E-state index contributed by atoms with van der Waals surface area (Å²) in [5.41, 5.74) is 0. The minimum absolute atomic E-state index is 0.0389. The van der Waals surface area contributed by atoms with Crippen molar-refractivity contribution < 1.29 is 19.2 Å². The molecule has 8 nitrogen and oxygen atoms in total. The summed E-state index contributed by atoms with van der Waals surface area (Å²) in [6.07, 6.45) is 1.76. The summed E-state index contributed by atoms with van der Waals surface area (Å²) >= 11 is 0. The molecule has 2 amide bonds. The third kappa shape index (κ3) is 3.40. The summed E-state index contributed by atoms with van der Waals surface area (Å²) in [6.45, 7) is 6.52. The Labute approximate surface area is 147 Å². The summed E-state index contributed by atoms with van der Waals surface area (Å²) in [5.74, 6) is 0.407. The number of aromatic nitrogens is 2. The van der Waals surface area contributed by atoms with Gasteiger partial charge in [-0.25, -0.2) is 0 Å². The highest BCUT2D eigenvalue weighted by molar-refractivity contribution is 5.89. The number of hydrogen-bond donors (Lipinski definition) is 1. The van der Waals surface area contributed by atoms with Crippen molar-refractivity contribution >= 4 is 11.8 Å². The van der Waals surface area contributed by atoms with Crippen LogP contribution in [0.4, 0.5) is 0 Å². The number of aliphatic hydroxyl groups excluding tert-OH is 1. The van der Waals surface area contributed by atoms with Crippen molar-refractivity contribution in [2.45, 2.75) is 64.6 Å². The van der Waals surface area contributed by atoms with E-state index in [1.807, 2.05) is 4.90 Å². The van der Waals surface area contributed by atoms with Gasteiger partial charge in [0.2, 0.25) is 17.7 Å². The van der Waals surface area contributed by atoms with Crippen molar-refractivity contribution in [1.82, 2.24) is 19.9 Å². The Hall–Kier alpha value is -1.96. The highest BCUT2D eigenvalue weighted by Crippen LogP contribution is 2.34. The van der Waals surface area contributed by atoms with Crippen LogP contribution in [0.2, 0.25) is 0 Å². The molecule has 2 aliphatic rings. The zero-order chi connectivity index (χ0) is 18.1. The Kier molecular flexibility index (Phi) is 5.08. The molecule has 0 aromatic carbocycles. The molecule has 0 saturated carbocycles. The van der Waals surface area contributed by atoms with Crippen LogP contribution >= 0.6 is 0 Å². The maximum absolute atomic E-state index is 13.0. The van der Waals surface area contributed by atoms with E-state index in [1.165, 1.54) is 0 Å². The lowest BCUT2D eigenvalue weighted by molar-refractivity contribution is -0.137. The first kappa shape index (κ1) is 17.8. The van der Waals surface area contributed by atoms with Crippen LogP contribution in [-0.2, 0) is 9.59 Å². The fourth-order valence-electron chi connectivity index (χ4n) is 3.95. The van der Waals surface area contributed by atoms with Gasteiger partial charge in [0, 0.05) is 32.0 Å². The normalized spacial score (nSPS) is 26.9. The molecule has 1 N–H and O–H groups in total. The zero-order valence-electron chi connectivity index (χ0n) is 15.0. The van der Waals surface area contributed by atoms with Crippen LogP contribution in [0.5, 0.6) is 0 Å². The minimum Gasteiger partial charge on any atom is -0.391 e. The number of hydrogen-bond acceptors (Lipinski definition) is 6. The fourth-order valence-corrected chi connectivity index (χ4v) is 3.95. The number of aryl methyl sites for hydroxylation is 1. The van der Waals surface area contributed by atoms with E-state index in [0.29, 0.717) is 24.7 Å². The molecule has 3 heterocycles. The molecule has 0 unspecified atom stereocenters.